The van der Waals surface area contributed by atoms with Crippen molar-refractivity contribution in [1.29, 1.82) is 0 Å². The average Bonchev–Trinajstić information content (AvgIpc) is 2.59. The van der Waals surface area contributed by atoms with Crippen molar-refractivity contribution < 1.29 is 0 Å². The Bertz CT molecular complexity index is 335. The molecular weight excluding hydrogens is 150 g/mol. The zero-order valence-corrected chi connectivity index (χ0v) is 6.38. The summed E-state index contributed by atoms with van der Waals surface area (Å²) in [5.74, 6) is 0. The van der Waals surface area contributed by atoms with Crippen molar-refractivity contribution in [1.82, 2.24) is 0 Å². The smallest absolute Gasteiger partial charge is 0.108 e. The van der Waals surface area contributed by atoms with Gasteiger partial charge in [0.15, 0.2) is 0 Å². The van der Waals surface area contributed by atoms with E-state index >= 15 is 0 Å². The quantitative estimate of drug-likeness (QED) is 0.600. The number of nitrogens with zero attached hydrogens (tertiary/aromatic N) is 3. The maximum absolute atomic E-state index is 3.79. The summed E-state index contributed by atoms with van der Waals surface area (Å²) in [6, 6.07) is 9.96. The largest absolute Gasteiger partial charge is 0.136 e. The fourth-order valence-corrected chi connectivity index (χ4v) is 0.974. The van der Waals surface area contributed by atoms with Crippen molar-refractivity contribution in [3.63, 3.8) is 0 Å². The van der Waals surface area contributed by atoms with Crippen molar-refractivity contribution in [2.75, 3.05) is 0 Å². The molecule has 1 aromatic carbocycles. The fourth-order valence-electron chi connectivity index (χ4n) is 0.974. The molecule has 2 rings (SSSR count). The molecule has 0 unspecified atom stereocenters. The van der Waals surface area contributed by atoms with Gasteiger partial charge in [-0.25, -0.2) is 0 Å². The van der Waals surface area contributed by atoms with Crippen LogP contribution in [-0.4, -0.2) is 6.21 Å². The van der Waals surface area contributed by atoms with Crippen molar-refractivity contribution in [3.05, 3.63) is 41.6 Å². The Labute approximate surface area is 70.1 Å². The molecule has 3 nitrogen and oxygen atoms in total. The first kappa shape index (κ1) is 6.91. The molecule has 12 heavy (non-hydrogen) atoms. The SMILES string of the molecule is C1=NN=NC1=Cc1ccccc1. The highest BCUT2D eigenvalue weighted by molar-refractivity contribution is 5.85. The van der Waals surface area contributed by atoms with Gasteiger partial charge in [-0.3, -0.25) is 0 Å². The van der Waals surface area contributed by atoms with E-state index in [1.807, 2.05) is 36.4 Å². The van der Waals surface area contributed by atoms with E-state index in [-0.39, 0.29) is 0 Å². The van der Waals surface area contributed by atoms with Gasteiger partial charge in [0.05, 0.1) is 6.21 Å². The summed E-state index contributed by atoms with van der Waals surface area (Å²) < 4.78 is 0. The predicted octanol–water partition coefficient (Wildman–Crippen LogP) is 2.48. The molecular formula is C9H7N3. The molecule has 1 heterocycles. The number of hydrogen-bond acceptors (Lipinski definition) is 3. The van der Waals surface area contributed by atoms with Crippen LogP contribution in [-0.2, 0) is 0 Å². The molecule has 0 saturated heterocycles. The minimum Gasteiger partial charge on any atom is -0.136 e. The van der Waals surface area contributed by atoms with Crippen LogP contribution in [0.1, 0.15) is 5.56 Å². The summed E-state index contributed by atoms with van der Waals surface area (Å²) in [5.41, 5.74) is 1.90. The summed E-state index contributed by atoms with van der Waals surface area (Å²) in [7, 11) is 0. The van der Waals surface area contributed by atoms with Gasteiger partial charge in [-0.1, -0.05) is 30.3 Å². The summed E-state index contributed by atoms with van der Waals surface area (Å²) in [6.45, 7) is 0. The Balaban J connectivity index is 2.29. The first-order valence-electron chi connectivity index (χ1n) is 3.66. The molecule has 0 aliphatic carbocycles. The Morgan fingerprint density at radius 1 is 1.08 bits per heavy atom. The van der Waals surface area contributed by atoms with Crippen LogP contribution in [0, 0.1) is 0 Å². The van der Waals surface area contributed by atoms with Crippen LogP contribution in [0.25, 0.3) is 6.08 Å². The third-order valence-electron chi connectivity index (χ3n) is 1.52. The zero-order valence-electron chi connectivity index (χ0n) is 6.38. The Hall–Kier alpha value is -1.77. The second-order valence-electron chi connectivity index (χ2n) is 2.41. The second-order valence-corrected chi connectivity index (χ2v) is 2.41. The number of rotatable bonds is 1. The van der Waals surface area contributed by atoms with Gasteiger partial charge in [0.2, 0.25) is 0 Å². The third-order valence-corrected chi connectivity index (χ3v) is 1.52. The molecule has 0 aromatic heterocycles. The van der Waals surface area contributed by atoms with Crippen molar-refractivity contribution in [2.24, 2.45) is 15.4 Å². The first-order chi connectivity index (χ1) is 5.95. The van der Waals surface area contributed by atoms with Gasteiger partial charge >= 0.3 is 0 Å². The summed E-state index contributed by atoms with van der Waals surface area (Å²) in [4.78, 5) is 0. The molecule has 1 aliphatic rings. The van der Waals surface area contributed by atoms with Gasteiger partial charge in [-0.05, 0) is 16.9 Å². The summed E-state index contributed by atoms with van der Waals surface area (Å²) >= 11 is 0. The highest BCUT2D eigenvalue weighted by Crippen LogP contribution is 2.09. The number of allylic oxidation sites excluding steroid dienone is 1. The standard InChI is InChI=1S/C9H7N3/c1-2-4-8(5-3-1)6-9-7-10-12-11-9/h1-7H. The first-order valence-corrected chi connectivity index (χ1v) is 3.66. The number of hydrogen-bond donors (Lipinski definition) is 0. The van der Waals surface area contributed by atoms with Crippen molar-refractivity contribution >= 4 is 12.3 Å². The van der Waals surface area contributed by atoms with Crippen molar-refractivity contribution in [3.8, 4) is 0 Å². The lowest BCUT2D eigenvalue weighted by atomic mass is 10.2. The van der Waals surface area contributed by atoms with E-state index in [1.165, 1.54) is 0 Å². The van der Waals surface area contributed by atoms with Crippen LogP contribution in [0.5, 0.6) is 0 Å². The summed E-state index contributed by atoms with van der Waals surface area (Å²) in [6.07, 6.45) is 3.56. The zero-order chi connectivity index (χ0) is 8.23. The Kier molecular flexibility index (Phi) is 1.78. The minimum atomic E-state index is 0.793. The second kappa shape index (κ2) is 3.09. The van der Waals surface area contributed by atoms with Crippen LogP contribution in [0.15, 0.2) is 51.5 Å². The molecule has 1 aliphatic heterocycles. The molecule has 58 valence electrons. The van der Waals surface area contributed by atoms with E-state index in [1.54, 1.807) is 6.21 Å². The molecule has 0 bridgehead atoms. The summed E-state index contributed by atoms with van der Waals surface area (Å²) in [5, 5.41) is 10.9. The molecule has 0 N–H and O–H groups in total. The van der Waals surface area contributed by atoms with Gasteiger partial charge in [0.25, 0.3) is 0 Å². The van der Waals surface area contributed by atoms with Crippen LogP contribution >= 0.6 is 0 Å². The van der Waals surface area contributed by atoms with E-state index < -0.39 is 0 Å². The molecule has 1 aromatic rings. The van der Waals surface area contributed by atoms with E-state index in [0.29, 0.717) is 0 Å². The van der Waals surface area contributed by atoms with Gasteiger partial charge in [0.1, 0.15) is 5.70 Å². The maximum Gasteiger partial charge on any atom is 0.108 e. The van der Waals surface area contributed by atoms with Crippen LogP contribution in [0.2, 0.25) is 0 Å². The topological polar surface area (TPSA) is 37.1 Å². The lowest BCUT2D eigenvalue weighted by molar-refractivity contribution is 1.10. The van der Waals surface area contributed by atoms with Gasteiger partial charge in [-0.2, -0.15) is 0 Å². The predicted molar refractivity (Wildman–Crippen MR) is 47.8 cm³/mol. The van der Waals surface area contributed by atoms with Gasteiger partial charge < -0.3 is 0 Å². The van der Waals surface area contributed by atoms with Gasteiger partial charge in [0, 0.05) is 0 Å². The molecule has 0 radical (unpaired) electrons. The molecule has 0 spiro atoms. The Morgan fingerprint density at radius 3 is 2.58 bits per heavy atom. The fraction of sp³-hybridized carbons (Fsp3) is 0. The molecule has 0 atom stereocenters. The molecule has 0 amide bonds. The third kappa shape index (κ3) is 1.45. The van der Waals surface area contributed by atoms with Crippen LogP contribution < -0.4 is 0 Å². The van der Waals surface area contributed by atoms with Crippen LogP contribution in [0.4, 0.5) is 0 Å². The van der Waals surface area contributed by atoms with E-state index in [0.717, 1.165) is 11.3 Å². The highest BCUT2D eigenvalue weighted by Gasteiger charge is 1.95. The van der Waals surface area contributed by atoms with Crippen LogP contribution in [0.3, 0.4) is 0 Å². The maximum atomic E-state index is 3.79. The average molecular weight is 157 g/mol. The van der Waals surface area contributed by atoms with E-state index in [9.17, 15) is 0 Å². The minimum absolute atomic E-state index is 0.793. The van der Waals surface area contributed by atoms with Crippen molar-refractivity contribution in [2.45, 2.75) is 0 Å². The normalized spacial score (nSPS) is 17.5. The molecule has 0 fully saturated rings. The monoisotopic (exact) mass is 157 g/mol. The number of benzene rings is 1. The highest BCUT2D eigenvalue weighted by atomic mass is 15.4. The van der Waals surface area contributed by atoms with Gasteiger partial charge in [-0.15, -0.1) is 10.2 Å². The van der Waals surface area contributed by atoms with E-state index in [2.05, 4.69) is 15.4 Å². The Morgan fingerprint density at radius 2 is 1.92 bits per heavy atom. The van der Waals surface area contributed by atoms with E-state index in [4.69, 9.17) is 0 Å². The molecule has 0 saturated carbocycles. The lowest BCUT2D eigenvalue weighted by Gasteiger charge is -1.89. The lowest BCUT2D eigenvalue weighted by Crippen LogP contribution is -1.75. The molecule has 3 heteroatoms.